The molecule has 2 N–H and O–H groups in total. The van der Waals surface area contributed by atoms with E-state index in [1.165, 1.54) is 0 Å². The van der Waals surface area contributed by atoms with Crippen molar-refractivity contribution in [3.05, 3.63) is 102 Å². The van der Waals surface area contributed by atoms with E-state index in [0.717, 1.165) is 5.56 Å². The Labute approximate surface area is 163 Å². The zero-order valence-electron chi connectivity index (χ0n) is 14.5. The van der Waals surface area contributed by atoms with Crippen LogP contribution in [0, 0.1) is 0 Å². The molecule has 1 amide bonds. The number of aliphatic hydroxyl groups is 1. The van der Waals surface area contributed by atoms with Crippen LogP contribution in [0.3, 0.4) is 0 Å². The molecule has 0 aliphatic heterocycles. The summed E-state index contributed by atoms with van der Waals surface area (Å²) in [6.07, 6.45) is 0.0814. The van der Waals surface area contributed by atoms with Gasteiger partial charge < -0.3 is 15.2 Å². The number of rotatable bonds is 6. The molecule has 0 spiro atoms. The van der Waals surface area contributed by atoms with Gasteiger partial charge in [-0.15, -0.1) is 0 Å². The van der Waals surface area contributed by atoms with Gasteiger partial charge in [-0.3, -0.25) is 4.79 Å². The van der Waals surface area contributed by atoms with Crippen LogP contribution in [0.1, 0.15) is 15.9 Å². The molecule has 0 unspecified atom stereocenters. The molecule has 3 aromatic carbocycles. The Balaban J connectivity index is 1.85. The minimum Gasteiger partial charge on any atom is -0.445 e. The lowest BCUT2D eigenvalue weighted by molar-refractivity contribution is 0.0502. The van der Waals surface area contributed by atoms with Crippen molar-refractivity contribution in [2.45, 2.75) is 12.1 Å². The number of benzene rings is 3. The summed E-state index contributed by atoms with van der Waals surface area (Å²) in [7, 11) is 0. The van der Waals surface area contributed by atoms with E-state index in [1.807, 2.05) is 42.5 Å². The van der Waals surface area contributed by atoms with E-state index >= 15 is 0 Å². The first-order chi connectivity index (χ1) is 13.1. The Hall–Kier alpha value is -3.02. The Morgan fingerprint density at radius 3 is 2.00 bits per heavy atom. The Kier molecular flexibility index (Phi) is 5.96. The third-order valence-corrected chi connectivity index (χ3v) is 4.37. The summed E-state index contributed by atoms with van der Waals surface area (Å²) in [6.45, 7) is 0. The Morgan fingerprint density at radius 1 is 0.889 bits per heavy atom. The van der Waals surface area contributed by atoms with Gasteiger partial charge in [0.2, 0.25) is 10.8 Å². The number of hydrogen-bond acceptors (Lipinski definition) is 4. The minimum absolute atomic E-state index is 0.0814. The Bertz CT molecular complexity index is 901. The van der Waals surface area contributed by atoms with Gasteiger partial charge in [-0.2, -0.15) is 0 Å². The van der Waals surface area contributed by atoms with Crippen molar-refractivity contribution >= 4 is 23.2 Å². The van der Waals surface area contributed by atoms with Crippen LogP contribution in [-0.2, 0) is 6.42 Å². The van der Waals surface area contributed by atoms with Crippen molar-refractivity contribution in [2.75, 3.05) is 0 Å². The van der Waals surface area contributed by atoms with Gasteiger partial charge in [-0.05, 0) is 42.0 Å². The van der Waals surface area contributed by atoms with E-state index in [-0.39, 0.29) is 11.5 Å². The summed E-state index contributed by atoms with van der Waals surface area (Å²) in [6, 6.07) is 26.9. The van der Waals surface area contributed by atoms with Gasteiger partial charge in [0.1, 0.15) is 5.75 Å². The zero-order chi connectivity index (χ0) is 19.1. The maximum absolute atomic E-state index is 12.6. The van der Waals surface area contributed by atoms with Crippen LogP contribution in [0.5, 0.6) is 5.75 Å². The van der Waals surface area contributed by atoms with Gasteiger partial charge in [-0.1, -0.05) is 66.7 Å². The van der Waals surface area contributed by atoms with Crippen LogP contribution in [0.2, 0.25) is 0 Å². The summed E-state index contributed by atoms with van der Waals surface area (Å²) in [5.41, 5.74) is -0.613. The number of thiocarbonyl (C=S) groups is 1. The smallest absolute Gasteiger partial charge is 0.253 e. The highest BCUT2D eigenvalue weighted by Crippen LogP contribution is 2.19. The van der Waals surface area contributed by atoms with Crippen molar-refractivity contribution in [1.82, 2.24) is 5.32 Å². The van der Waals surface area contributed by atoms with Gasteiger partial charge >= 0.3 is 0 Å². The van der Waals surface area contributed by atoms with E-state index in [0.29, 0.717) is 11.3 Å². The number of carbonyl (C=O) groups excluding carboxylic acids is 1. The van der Waals surface area contributed by atoms with Crippen molar-refractivity contribution in [2.24, 2.45) is 0 Å². The lowest BCUT2D eigenvalue weighted by atomic mass is 10.0. The highest BCUT2D eigenvalue weighted by atomic mass is 32.1. The first-order valence-corrected chi connectivity index (χ1v) is 8.89. The topological polar surface area (TPSA) is 58.6 Å². The van der Waals surface area contributed by atoms with Crippen LogP contribution < -0.4 is 10.1 Å². The van der Waals surface area contributed by atoms with Gasteiger partial charge in [0.25, 0.3) is 5.91 Å². The van der Waals surface area contributed by atoms with Crippen LogP contribution in [0.15, 0.2) is 91.0 Å². The zero-order valence-corrected chi connectivity index (χ0v) is 15.4. The molecule has 0 aliphatic rings. The van der Waals surface area contributed by atoms with Crippen LogP contribution in [0.4, 0.5) is 0 Å². The molecule has 0 heterocycles. The lowest BCUT2D eigenvalue weighted by Gasteiger charge is -2.29. The fraction of sp³-hybridized carbons (Fsp3) is 0.0909. The minimum atomic E-state index is -1.85. The van der Waals surface area contributed by atoms with Crippen molar-refractivity contribution < 1.29 is 14.6 Å². The van der Waals surface area contributed by atoms with E-state index in [4.69, 9.17) is 17.0 Å². The third kappa shape index (κ3) is 5.00. The van der Waals surface area contributed by atoms with E-state index in [1.54, 1.807) is 48.5 Å². The number of ether oxygens (including phenoxy) is 1. The first-order valence-electron chi connectivity index (χ1n) is 8.48. The molecule has 0 saturated heterocycles. The largest absolute Gasteiger partial charge is 0.445 e. The second kappa shape index (κ2) is 8.58. The van der Waals surface area contributed by atoms with Gasteiger partial charge in [0, 0.05) is 12.0 Å². The fourth-order valence-electron chi connectivity index (χ4n) is 2.59. The summed E-state index contributed by atoms with van der Waals surface area (Å²) in [5, 5.41) is 13.7. The maximum atomic E-state index is 12.6. The van der Waals surface area contributed by atoms with Gasteiger partial charge in [0.05, 0.1) is 0 Å². The van der Waals surface area contributed by atoms with Crippen LogP contribution >= 0.6 is 12.2 Å². The second-order valence-electron chi connectivity index (χ2n) is 6.05. The van der Waals surface area contributed by atoms with E-state index in [9.17, 15) is 9.90 Å². The number of carbonyl (C=O) groups is 1. The lowest BCUT2D eigenvalue weighted by Crippen LogP contribution is -2.57. The standard InChI is InChI=1S/C22H19NO3S/c24-20(18-12-6-2-7-13-18)23-22(25,16-17-10-4-1-5-11-17)21(27)26-19-14-8-3-9-15-19/h1-15,25H,16H2,(H,23,24)/t22-/m1/s1. The van der Waals surface area contributed by atoms with Gasteiger partial charge in [-0.25, -0.2) is 0 Å². The fourth-order valence-corrected chi connectivity index (χ4v) is 2.81. The molecule has 0 aliphatic carbocycles. The predicted octanol–water partition coefficient (Wildman–Crippen LogP) is 3.75. The molecule has 3 rings (SSSR count). The quantitative estimate of drug-likeness (QED) is 0.507. The highest BCUT2D eigenvalue weighted by molar-refractivity contribution is 7.80. The van der Waals surface area contributed by atoms with Crippen molar-refractivity contribution in [3.8, 4) is 5.75 Å². The molecule has 4 nitrogen and oxygen atoms in total. The normalized spacial score (nSPS) is 12.6. The molecule has 1 atom stereocenters. The molecule has 0 bridgehead atoms. The van der Waals surface area contributed by atoms with Crippen molar-refractivity contribution in [3.63, 3.8) is 0 Å². The third-order valence-electron chi connectivity index (χ3n) is 3.95. The average Bonchev–Trinajstić information content (AvgIpc) is 2.70. The summed E-state index contributed by atoms with van der Waals surface area (Å²) < 4.78 is 5.66. The number of amides is 1. The molecule has 0 radical (unpaired) electrons. The molecule has 0 saturated carbocycles. The number of para-hydroxylation sites is 1. The molecule has 136 valence electrons. The molecule has 3 aromatic rings. The molecular weight excluding hydrogens is 358 g/mol. The second-order valence-corrected chi connectivity index (χ2v) is 6.42. The summed E-state index contributed by atoms with van der Waals surface area (Å²) in [5.74, 6) is 0.0518. The van der Waals surface area contributed by atoms with Crippen LogP contribution in [0.25, 0.3) is 0 Å². The summed E-state index contributed by atoms with van der Waals surface area (Å²) in [4.78, 5) is 12.6. The molecular formula is C22H19NO3S. The summed E-state index contributed by atoms with van der Waals surface area (Å²) >= 11 is 5.35. The molecule has 5 heteroatoms. The molecule has 27 heavy (non-hydrogen) atoms. The van der Waals surface area contributed by atoms with E-state index in [2.05, 4.69) is 5.32 Å². The predicted molar refractivity (Wildman–Crippen MR) is 109 cm³/mol. The number of nitrogens with one attached hydrogen (secondary N) is 1. The maximum Gasteiger partial charge on any atom is 0.253 e. The molecule has 0 aromatic heterocycles. The number of hydrogen-bond donors (Lipinski definition) is 2. The van der Waals surface area contributed by atoms with Crippen molar-refractivity contribution in [1.29, 1.82) is 0 Å². The average molecular weight is 377 g/mol. The van der Waals surface area contributed by atoms with Crippen LogP contribution in [-0.4, -0.2) is 21.8 Å². The first kappa shape index (κ1) is 18.8. The monoisotopic (exact) mass is 377 g/mol. The van der Waals surface area contributed by atoms with E-state index < -0.39 is 11.6 Å². The SMILES string of the molecule is O=C(N[C@@](O)(Cc1ccccc1)C(=S)Oc1ccccc1)c1ccccc1. The Morgan fingerprint density at radius 2 is 1.41 bits per heavy atom. The molecule has 0 fully saturated rings. The highest BCUT2D eigenvalue weighted by Gasteiger charge is 2.37. The van der Waals surface area contributed by atoms with Gasteiger partial charge in [0.15, 0.2) is 0 Å².